The van der Waals surface area contributed by atoms with E-state index in [1.165, 1.54) is 11.1 Å². The lowest BCUT2D eigenvalue weighted by Gasteiger charge is -2.09. The van der Waals surface area contributed by atoms with Crippen molar-refractivity contribution < 1.29 is 4.42 Å². The molecule has 30 heavy (non-hydrogen) atoms. The van der Waals surface area contributed by atoms with Crippen LogP contribution in [0.4, 0.5) is 0 Å². The molecule has 0 atom stereocenters. The van der Waals surface area contributed by atoms with Gasteiger partial charge < -0.3 is 4.42 Å². The normalized spacial score (nSPS) is 13.5. The molecule has 0 unspecified atom stereocenters. The second kappa shape index (κ2) is 6.67. The summed E-state index contributed by atoms with van der Waals surface area (Å²) in [5.41, 5.74) is 5.66. The Morgan fingerprint density at radius 2 is 1.90 bits per heavy atom. The molecule has 6 rings (SSSR count). The zero-order valence-corrected chi connectivity index (χ0v) is 17.2. The van der Waals surface area contributed by atoms with Gasteiger partial charge in [-0.1, -0.05) is 23.9 Å². The summed E-state index contributed by atoms with van der Waals surface area (Å²) in [5, 5.41) is 7.29. The largest absolute Gasteiger partial charge is 0.423 e. The number of para-hydroxylation sites is 1. The van der Waals surface area contributed by atoms with E-state index in [0.717, 1.165) is 51.9 Å². The summed E-state index contributed by atoms with van der Waals surface area (Å²) < 4.78 is 7.30. The van der Waals surface area contributed by atoms with E-state index in [1.807, 2.05) is 37.3 Å². The smallest absolute Gasteiger partial charge is 0.336 e. The van der Waals surface area contributed by atoms with Crippen molar-refractivity contribution in [1.82, 2.24) is 19.6 Å². The molecule has 0 saturated heterocycles. The topological polar surface area (TPSA) is 73.3 Å². The zero-order chi connectivity index (χ0) is 20.2. The van der Waals surface area contributed by atoms with Crippen LogP contribution in [0.15, 0.2) is 56.8 Å². The van der Waals surface area contributed by atoms with E-state index in [0.29, 0.717) is 17.2 Å². The molecule has 148 valence electrons. The summed E-state index contributed by atoms with van der Waals surface area (Å²) >= 11 is 1.56. The summed E-state index contributed by atoms with van der Waals surface area (Å²) in [6.45, 7) is 1.88. The molecule has 0 amide bonds. The van der Waals surface area contributed by atoms with Gasteiger partial charge in [-0.25, -0.2) is 14.8 Å². The lowest BCUT2D eigenvalue weighted by molar-refractivity contribution is 0.559. The summed E-state index contributed by atoms with van der Waals surface area (Å²) in [7, 11) is 0. The van der Waals surface area contributed by atoms with Crippen LogP contribution in [0.25, 0.3) is 27.5 Å². The van der Waals surface area contributed by atoms with Crippen LogP contribution in [0.2, 0.25) is 0 Å². The molecule has 2 aromatic carbocycles. The first kappa shape index (κ1) is 17.7. The predicted octanol–water partition coefficient (Wildman–Crippen LogP) is 4.47. The number of benzene rings is 2. The Bertz CT molecular complexity index is 1520. The van der Waals surface area contributed by atoms with Crippen LogP contribution in [-0.2, 0) is 18.6 Å². The van der Waals surface area contributed by atoms with Gasteiger partial charge >= 0.3 is 5.63 Å². The summed E-state index contributed by atoms with van der Waals surface area (Å²) in [4.78, 5) is 21.6. The van der Waals surface area contributed by atoms with Crippen LogP contribution >= 0.6 is 11.8 Å². The minimum atomic E-state index is -0.315. The first-order valence-corrected chi connectivity index (χ1v) is 11.0. The maximum atomic E-state index is 12.2. The van der Waals surface area contributed by atoms with Gasteiger partial charge in [0, 0.05) is 22.6 Å². The third-order valence-corrected chi connectivity index (χ3v) is 6.63. The SMILES string of the molecule is Cc1nc2c3ccccc3nc(SCc3cc(=O)oc4cc5c(cc34)CCC5)n2n1. The van der Waals surface area contributed by atoms with Crippen molar-refractivity contribution in [2.24, 2.45) is 0 Å². The van der Waals surface area contributed by atoms with Gasteiger partial charge in [0.05, 0.1) is 5.52 Å². The van der Waals surface area contributed by atoms with Crippen LogP contribution in [0.5, 0.6) is 0 Å². The van der Waals surface area contributed by atoms with Gasteiger partial charge in [-0.15, -0.1) is 5.10 Å². The molecule has 0 aliphatic heterocycles. The van der Waals surface area contributed by atoms with Gasteiger partial charge in [0.2, 0.25) is 0 Å². The van der Waals surface area contributed by atoms with Crippen LogP contribution in [-0.4, -0.2) is 19.6 Å². The van der Waals surface area contributed by atoms with Crippen molar-refractivity contribution in [3.05, 3.63) is 75.4 Å². The molecule has 5 aromatic rings. The van der Waals surface area contributed by atoms with E-state index in [9.17, 15) is 4.79 Å². The van der Waals surface area contributed by atoms with Crippen molar-refractivity contribution >= 4 is 39.3 Å². The zero-order valence-electron chi connectivity index (χ0n) is 16.4. The number of rotatable bonds is 3. The lowest BCUT2D eigenvalue weighted by atomic mass is 10.0. The fraction of sp³-hybridized carbons (Fsp3) is 0.217. The first-order valence-electron chi connectivity index (χ1n) is 9.99. The molecule has 0 spiro atoms. The lowest BCUT2D eigenvalue weighted by Crippen LogP contribution is -2.02. The Morgan fingerprint density at radius 3 is 2.80 bits per heavy atom. The van der Waals surface area contributed by atoms with E-state index < -0.39 is 0 Å². The average molecular weight is 414 g/mol. The Hall–Kier alpha value is -3.19. The highest BCUT2D eigenvalue weighted by atomic mass is 32.2. The Kier molecular flexibility index (Phi) is 3.92. The summed E-state index contributed by atoms with van der Waals surface area (Å²) in [6.07, 6.45) is 3.30. The molecule has 0 radical (unpaired) electrons. The van der Waals surface area contributed by atoms with E-state index in [2.05, 4.69) is 16.1 Å². The number of aromatic nitrogens is 4. The summed E-state index contributed by atoms with van der Waals surface area (Å²) in [6, 6.07) is 13.8. The van der Waals surface area contributed by atoms with Crippen LogP contribution in [0.3, 0.4) is 0 Å². The number of hydrogen-bond donors (Lipinski definition) is 0. The average Bonchev–Trinajstić information content (AvgIpc) is 3.36. The molecule has 0 bridgehead atoms. The Labute approximate surface area is 176 Å². The minimum Gasteiger partial charge on any atom is -0.423 e. The maximum absolute atomic E-state index is 12.2. The third-order valence-electron chi connectivity index (χ3n) is 5.65. The molecule has 3 aromatic heterocycles. The van der Waals surface area contributed by atoms with Gasteiger partial charge in [-0.2, -0.15) is 4.52 Å². The molecule has 0 fully saturated rings. The number of fused-ring (bicyclic) bond motifs is 5. The van der Waals surface area contributed by atoms with Crippen molar-refractivity contribution in [2.45, 2.75) is 37.1 Å². The van der Waals surface area contributed by atoms with Crippen LogP contribution < -0.4 is 5.63 Å². The monoisotopic (exact) mass is 414 g/mol. The Balaban J connectivity index is 1.46. The van der Waals surface area contributed by atoms with Crippen molar-refractivity contribution in [3.8, 4) is 0 Å². The number of thioether (sulfide) groups is 1. The van der Waals surface area contributed by atoms with E-state index in [1.54, 1.807) is 22.3 Å². The van der Waals surface area contributed by atoms with Gasteiger partial charge in [-0.3, -0.25) is 0 Å². The molecular weight excluding hydrogens is 396 g/mol. The fourth-order valence-corrected chi connectivity index (χ4v) is 5.22. The number of hydrogen-bond acceptors (Lipinski definition) is 6. The van der Waals surface area contributed by atoms with Crippen LogP contribution in [0.1, 0.15) is 28.9 Å². The van der Waals surface area contributed by atoms with Gasteiger partial charge in [0.25, 0.3) is 0 Å². The molecule has 1 aliphatic rings. The fourth-order valence-electron chi connectivity index (χ4n) is 4.28. The molecule has 1 aliphatic carbocycles. The maximum Gasteiger partial charge on any atom is 0.336 e. The van der Waals surface area contributed by atoms with E-state index in [4.69, 9.17) is 9.40 Å². The molecule has 6 nitrogen and oxygen atoms in total. The van der Waals surface area contributed by atoms with E-state index in [-0.39, 0.29) is 5.63 Å². The van der Waals surface area contributed by atoms with E-state index >= 15 is 0 Å². The van der Waals surface area contributed by atoms with Gasteiger partial charge in [-0.05, 0) is 67.1 Å². The van der Waals surface area contributed by atoms with Gasteiger partial charge in [0.1, 0.15) is 11.4 Å². The molecule has 0 N–H and O–H groups in total. The second-order valence-electron chi connectivity index (χ2n) is 7.66. The Morgan fingerprint density at radius 1 is 1.07 bits per heavy atom. The molecular formula is C23H18N4O2S. The molecule has 3 heterocycles. The van der Waals surface area contributed by atoms with Crippen molar-refractivity contribution in [1.29, 1.82) is 0 Å². The highest BCUT2D eigenvalue weighted by Gasteiger charge is 2.17. The first-order chi connectivity index (χ1) is 14.7. The quantitative estimate of drug-likeness (QED) is 0.246. The molecule has 0 saturated carbocycles. The number of aryl methyl sites for hydroxylation is 3. The summed E-state index contributed by atoms with van der Waals surface area (Å²) in [5.74, 6) is 1.30. The van der Waals surface area contributed by atoms with Crippen molar-refractivity contribution in [3.63, 3.8) is 0 Å². The van der Waals surface area contributed by atoms with Crippen LogP contribution in [0, 0.1) is 6.92 Å². The second-order valence-corrected chi connectivity index (χ2v) is 8.60. The predicted molar refractivity (Wildman–Crippen MR) is 117 cm³/mol. The minimum absolute atomic E-state index is 0.315. The molecule has 7 heteroatoms. The number of nitrogens with zero attached hydrogens (tertiary/aromatic N) is 4. The standard InChI is InChI=1S/C23H18N4O2S/c1-13-24-22-17-7-2-3-8-19(17)25-23(27(22)26-13)30-12-16-11-21(28)29-20-10-15-6-4-5-14(15)9-18(16)20/h2-3,7-11H,4-6,12H2,1H3. The highest BCUT2D eigenvalue weighted by molar-refractivity contribution is 7.98. The van der Waals surface area contributed by atoms with Crippen molar-refractivity contribution in [2.75, 3.05) is 0 Å². The third kappa shape index (κ3) is 2.81. The highest BCUT2D eigenvalue weighted by Crippen LogP contribution is 2.32. The van der Waals surface area contributed by atoms with Gasteiger partial charge in [0.15, 0.2) is 10.8 Å².